The Hall–Kier alpha value is -1.88. The number of morpholine rings is 1. The molecule has 0 bridgehead atoms. The largest absolute Gasteiger partial charge is 0.489 e. The van der Waals surface area contributed by atoms with Crippen molar-refractivity contribution in [2.75, 3.05) is 26.3 Å². The second-order valence-electron chi connectivity index (χ2n) is 11.5. The minimum absolute atomic E-state index is 0.0516. The number of nitrogens with zero attached hydrogens (tertiary/aromatic N) is 1. The molecule has 0 aromatic heterocycles. The smallest absolute Gasteiger partial charge is 0.442 e. The topological polar surface area (TPSA) is 95.6 Å². The Morgan fingerprint density at radius 2 is 1.76 bits per heavy atom. The molecule has 0 spiro atoms. The molecule has 3 aliphatic rings. The highest BCUT2D eigenvalue weighted by Crippen LogP contribution is 2.38. The first-order valence-corrected chi connectivity index (χ1v) is 13.5. The van der Waals surface area contributed by atoms with Crippen molar-refractivity contribution in [3.63, 3.8) is 0 Å². The maximum absolute atomic E-state index is 12.5. The molecule has 3 fully saturated rings. The second-order valence-corrected chi connectivity index (χ2v) is 11.5. The van der Waals surface area contributed by atoms with Gasteiger partial charge < -0.3 is 33.7 Å². The lowest BCUT2D eigenvalue weighted by atomic mass is 9.78. The third kappa shape index (κ3) is 7.82. The predicted octanol–water partition coefficient (Wildman–Crippen LogP) is 3.67. The number of nitrogens with one attached hydrogen (secondary N) is 1. The van der Waals surface area contributed by atoms with Gasteiger partial charge in [0.05, 0.1) is 42.7 Å². The van der Waals surface area contributed by atoms with Crippen LogP contribution in [-0.2, 0) is 28.3 Å². The number of allylic oxidation sites excluding steroid dienone is 1. The van der Waals surface area contributed by atoms with Gasteiger partial charge in [-0.15, -0.1) is 0 Å². The minimum Gasteiger partial charge on any atom is -0.442 e. The molecule has 3 rings (SSSR count). The number of hydrogen-bond acceptors (Lipinski definition) is 7. The van der Waals surface area contributed by atoms with Crippen LogP contribution in [0.1, 0.15) is 68.2 Å². The van der Waals surface area contributed by atoms with E-state index in [9.17, 15) is 9.59 Å². The number of carbonyl (C=O) groups excluding carboxylic acids is 2. The van der Waals surface area contributed by atoms with Gasteiger partial charge in [0.25, 0.3) is 0 Å². The zero-order valence-corrected chi connectivity index (χ0v) is 23.7. The van der Waals surface area contributed by atoms with E-state index in [1.54, 1.807) is 17.9 Å². The summed E-state index contributed by atoms with van der Waals surface area (Å²) in [5.41, 5.74) is 0.321. The van der Waals surface area contributed by atoms with Crippen LogP contribution in [0.3, 0.4) is 0 Å². The van der Waals surface area contributed by atoms with E-state index < -0.39 is 12.2 Å². The molecule has 0 aliphatic carbocycles. The van der Waals surface area contributed by atoms with Crippen molar-refractivity contribution in [3.05, 3.63) is 23.7 Å². The standard InChI is InChI=1S/C27H45BN2O7/c1-18-17-22(29-24(31)12-10-20(3)34-25(32)30-13-15-33-16-14-30)21(4)35-23(18)11-9-19(2)28-36-26(5,6)27(7,8)37-28/h9-10,12,18,20-23H,11,13-17H2,1-8H3,(H,29,31)/b12-10-,19-9+/t18-,20+,21-,22-,23+/m1/s1. The zero-order chi connectivity index (χ0) is 27.4. The Morgan fingerprint density at radius 3 is 2.38 bits per heavy atom. The molecular weight excluding hydrogens is 475 g/mol. The number of carbonyl (C=O) groups is 2. The molecule has 0 aromatic rings. The van der Waals surface area contributed by atoms with E-state index in [1.165, 1.54) is 6.08 Å². The second kappa shape index (κ2) is 12.3. The van der Waals surface area contributed by atoms with E-state index in [1.807, 2.05) is 13.8 Å². The first kappa shape index (κ1) is 29.7. The normalized spacial score (nSPS) is 30.9. The molecule has 3 aliphatic heterocycles. The van der Waals surface area contributed by atoms with E-state index in [2.05, 4.69) is 46.0 Å². The van der Waals surface area contributed by atoms with Crippen LogP contribution in [0.4, 0.5) is 4.79 Å². The molecule has 9 nitrogen and oxygen atoms in total. The van der Waals surface area contributed by atoms with Gasteiger partial charge in [-0.05, 0) is 78.8 Å². The molecule has 37 heavy (non-hydrogen) atoms. The highest BCUT2D eigenvalue weighted by atomic mass is 16.7. The van der Waals surface area contributed by atoms with Gasteiger partial charge >= 0.3 is 13.2 Å². The van der Waals surface area contributed by atoms with E-state index in [0.29, 0.717) is 26.3 Å². The lowest BCUT2D eigenvalue weighted by Gasteiger charge is -2.39. The molecule has 0 aromatic carbocycles. The number of hydrogen-bond donors (Lipinski definition) is 1. The highest BCUT2D eigenvalue weighted by molar-refractivity contribution is 6.54. The lowest BCUT2D eigenvalue weighted by Crippen LogP contribution is -2.50. The van der Waals surface area contributed by atoms with Crippen LogP contribution in [0.2, 0.25) is 0 Å². The van der Waals surface area contributed by atoms with Crippen molar-refractivity contribution in [2.45, 2.75) is 104 Å². The lowest BCUT2D eigenvalue weighted by molar-refractivity contribution is -0.123. The van der Waals surface area contributed by atoms with Gasteiger partial charge in [-0.3, -0.25) is 4.79 Å². The fraction of sp³-hybridized carbons (Fsp3) is 0.778. The zero-order valence-electron chi connectivity index (χ0n) is 23.7. The van der Waals surface area contributed by atoms with E-state index in [0.717, 1.165) is 18.3 Å². The average molecular weight is 520 g/mol. The molecule has 1 N–H and O–H groups in total. The van der Waals surface area contributed by atoms with Crippen molar-refractivity contribution in [2.24, 2.45) is 5.92 Å². The van der Waals surface area contributed by atoms with Crippen molar-refractivity contribution in [1.29, 1.82) is 0 Å². The third-order valence-corrected chi connectivity index (χ3v) is 7.92. The Balaban J connectivity index is 1.44. The summed E-state index contributed by atoms with van der Waals surface area (Å²) in [5, 5.41) is 3.05. The van der Waals surface area contributed by atoms with Gasteiger partial charge in [0.2, 0.25) is 5.91 Å². The summed E-state index contributed by atoms with van der Waals surface area (Å²) in [6.45, 7) is 18.2. The number of ether oxygens (including phenoxy) is 3. The molecule has 0 radical (unpaired) electrons. The monoisotopic (exact) mass is 520 g/mol. The van der Waals surface area contributed by atoms with Crippen LogP contribution in [0.25, 0.3) is 0 Å². The fourth-order valence-electron chi connectivity index (χ4n) is 4.61. The van der Waals surface area contributed by atoms with Crippen LogP contribution in [0.5, 0.6) is 0 Å². The summed E-state index contributed by atoms with van der Waals surface area (Å²) in [5.74, 6) is 0.0399. The molecular formula is C27H45BN2O7. The van der Waals surface area contributed by atoms with E-state index in [-0.39, 0.29) is 48.4 Å². The Labute approximate surface area is 222 Å². The number of rotatable bonds is 7. The van der Waals surface area contributed by atoms with E-state index in [4.69, 9.17) is 23.5 Å². The molecule has 208 valence electrons. The quantitative estimate of drug-likeness (QED) is 0.404. The Bertz CT molecular complexity index is 853. The summed E-state index contributed by atoms with van der Waals surface area (Å²) < 4.78 is 29.2. The molecule has 0 unspecified atom stereocenters. The predicted molar refractivity (Wildman–Crippen MR) is 142 cm³/mol. The van der Waals surface area contributed by atoms with Crippen LogP contribution >= 0.6 is 0 Å². The molecule has 3 heterocycles. The Kier molecular flexibility index (Phi) is 9.88. The van der Waals surface area contributed by atoms with Gasteiger partial charge in [-0.25, -0.2) is 4.79 Å². The fourth-order valence-corrected chi connectivity index (χ4v) is 4.61. The summed E-state index contributed by atoms with van der Waals surface area (Å²) in [6.07, 6.45) is 5.77. The summed E-state index contributed by atoms with van der Waals surface area (Å²) in [7, 11) is -0.351. The average Bonchev–Trinajstić information content (AvgIpc) is 3.06. The van der Waals surface area contributed by atoms with E-state index >= 15 is 0 Å². The van der Waals surface area contributed by atoms with Crippen LogP contribution < -0.4 is 5.32 Å². The first-order valence-electron chi connectivity index (χ1n) is 13.5. The van der Waals surface area contributed by atoms with Gasteiger partial charge in [0.1, 0.15) is 6.10 Å². The maximum atomic E-state index is 12.5. The van der Waals surface area contributed by atoms with Gasteiger partial charge in [-0.1, -0.05) is 13.0 Å². The third-order valence-electron chi connectivity index (χ3n) is 7.92. The summed E-state index contributed by atoms with van der Waals surface area (Å²) in [4.78, 5) is 26.3. The van der Waals surface area contributed by atoms with Gasteiger partial charge in [-0.2, -0.15) is 0 Å². The van der Waals surface area contributed by atoms with Crippen molar-refractivity contribution < 1.29 is 33.1 Å². The molecule has 10 heteroatoms. The van der Waals surface area contributed by atoms with Crippen molar-refractivity contribution >= 4 is 19.1 Å². The van der Waals surface area contributed by atoms with Crippen LogP contribution in [0.15, 0.2) is 23.7 Å². The van der Waals surface area contributed by atoms with Gasteiger partial charge in [0, 0.05) is 19.2 Å². The molecule has 2 amide bonds. The Morgan fingerprint density at radius 1 is 1.14 bits per heavy atom. The van der Waals surface area contributed by atoms with Crippen LogP contribution in [0, 0.1) is 5.92 Å². The SMILES string of the molecule is C/C(=C\C[C@@H]1O[C@H](C)[C@H](NC(=O)/C=C\[C@H](C)OC(=O)N2CCOCC2)C[C@H]1C)B1OC(C)(C)C(C)(C)O1. The molecule has 3 saturated heterocycles. The highest BCUT2D eigenvalue weighted by Gasteiger charge is 2.51. The summed E-state index contributed by atoms with van der Waals surface area (Å²) in [6, 6.07) is -0.0946. The van der Waals surface area contributed by atoms with Crippen LogP contribution in [-0.4, -0.2) is 85.9 Å². The molecule has 5 atom stereocenters. The first-order chi connectivity index (χ1) is 17.3. The maximum Gasteiger partial charge on any atom is 0.489 e. The van der Waals surface area contributed by atoms with Crippen molar-refractivity contribution in [1.82, 2.24) is 10.2 Å². The number of amides is 2. The minimum atomic E-state index is -0.511. The van der Waals surface area contributed by atoms with Crippen molar-refractivity contribution in [3.8, 4) is 0 Å². The molecule has 0 saturated carbocycles. The summed E-state index contributed by atoms with van der Waals surface area (Å²) >= 11 is 0. The van der Waals surface area contributed by atoms with Gasteiger partial charge in [0.15, 0.2) is 0 Å².